The van der Waals surface area contributed by atoms with Gasteiger partial charge in [0.1, 0.15) is 5.75 Å². The Labute approximate surface area is 145 Å². The molecule has 0 aromatic heterocycles. The monoisotopic (exact) mass is 346 g/mol. The van der Waals surface area contributed by atoms with Crippen LogP contribution in [0.2, 0.25) is 0 Å². The van der Waals surface area contributed by atoms with Crippen molar-refractivity contribution in [1.29, 1.82) is 0 Å². The number of carbonyl (C=O) groups is 1. The van der Waals surface area contributed by atoms with Crippen molar-refractivity contribution >= 4 is 11.6 Å². The molecule has 2 N–H and O–H groups in total. The van der Waals surface area contributed by atoms with Crippen molar-refractivity contribution in [2.24, 2.45) is 0 Å². The number of para-hydroxylation sites is 1. The Hall–Kier alpha value is -2.63. The maximum atomic E-state index is 13.3. The van der Waals surface area contributed by atoms with Crippen molar-refractivity contribution in [3.63, 3.8) is 0 Å². The topological polar surface area (TPSA) is 52.6 Å². The van der Waals surface area contributed by atoms with Crippen molar-refractivity contribution in [2.45, 2.75) is 25.3 Å². The second-order valence-electron chi connectivity index (χ2n) is 6.26. The van der Waals surface area contributed by atoms with Crippen LogP contribution in [0.5, 0.6) is 5.75 Å². The molecule has 2 aromatic carbocycles. The lowest BCUT2D eigenvalue weighted by atomic mass is 10.0. The van der Waals surface area contributed by atoms with Gasteiger partial charge in [-0.1, -0.05) is 18.2 Å². The van der Waals surface area contributed by atoms with Crippen LogP contribution < -0.4 is 5.32 Å². The van der Waals surface area contributed by atoms with Crippen LogP contribution in [0.3, 0.4) is 0 Å². The third kappa shape index (κ3) is 4.26. The fourth-order valence-electron chi connectivity index (χ4n) is 3.08. The highest BCUT2D eigenvalue weighted by molar-refractivity contribution is 5.79. The van der Waals surface area contributed by atoms with Gasteiger partial charge in [0, 0.05) is 36.4 Å². The standard InChI is InChI=1S/C19H20F2N2O2/c20-16-8-7-14(11-17(16)21)22-15-5-3-9-23(12-15)19(25)10-13-4-1-2-6-18(13)24/h1-2,4,6-8,11,15,22,24H,3,5,9-10,12H2/t15-/m0/s1. The molecule has 4 nitrogen and oxygen atoms in total. The van der Waals surface area contributed by atoms with Crippen LogP contribution in [-0.4, -0.2) is 35.0 Å². The van der Waals surface area contributed by atoms with Crippen LogP contribution >= 0.6 is 0 Å². The minimum atomic E-state index is -0.895. The molecular formula is C19H20F2N2O2. The van der Waals surface area contributed by atoms with Crippen molar-refractivity contribution in [3.05, 3.63) is 59.7 Å². The second-order valence-corrected chi connectivity index (χ2v) is 6.26. The molecule has 1 aliphatic rings. The zero-order valence-corrected chi connectivity index (χ0v) is 13.7. The first-order valence-corrected chi connectivity index (χ1v) is 8.29. The molecule has 1 fully saturated rings. The lowest BCUT2D eigenvalue weighted by molar-refractivity contribution is -0.131. The summed E-state index contributed by atoms with van der Waals surface area (Å²) in [5.41, 5.74) is 1.10. The largest absolute Gasteiger partial charge is 0.508 e. The molecule has 0 aliphatic carbocycles. The number of nitrogens with one attached hydrogen (secondary N) is 1. The number of aromatic hydroxyl groups is 1. The van der Waals surface area contributed by atoms with Crippen LogP contribution in [0.15, 0.2) is 42.5 Å². The van der Waals surface area contributed by atoms with Gasteiger partial charge < -0.3 is 15.3 Å². The van der Waals surface area contributed by atoms with Crippen molar-refractivity contribution in [3.8, 4) is 5.75 Å². The number of rotatable bonds is 4. The maximum absolute atomic E-state index is 13.3. The van der Waals surface area contributed by atoms with E-state index in [9.17, 15) is 18.7 Å². The Kier molecular flexibility index (Phi) is 5.16. The highest BCUT2D eigenvalue weighted by Crippen LogP contribution is 2.21. The van der Waals surface area contributed by atoms with Gasteiger partial charge in [-0.3, -0.25) is 4.79 Å². The highest BCUT2D eigenvalue weighted by atomic mass is 19.2. The Bertz CT molecular complexity index is 767. The summed E-state index contributed by atoms with van der Waals surface area (Å²) in [7, 11) is 0. The van der Waals surface area contributed by atoms with E-state index in [4.69, 9.17) is 0 Å². The summed E-state index contributed by atoms with van der Waals surface area (Å²) in [6, 6.07) is 10.5. The number of nitrogens with zero attached hydrogens (tertiary/aromatic N) is 1. The Morgan fingerprint density at radius 3 is 2.76 bits per heavy atom. The van der Waals surface area contributed by atoms with E-state index in [-0.39, 0.29) is 24.1 Å². The number of benzene rings is 2. The van der Waals surface area contributed by atoms with Gasteiger partial charge in [0.2, 0.25) is 5.91 Å². The molecule has 1 atom stereocenters. The molecule has 132 valence electrons. The zero-order chi connectivity index (χ0) is 17.8. The highest BCUT2D eigenvalue weighted by Gasteiger charge is 2.24. The summed E-state index contributed by atoms with van der Waals surface area (Å²) >= 11 is 0. The first-order chi connectivity index (χ1) is 12.0. The first kappa shape index (κ1) is 17.2. The number of hydrogen-bond donors (Lipinski definition) is 2. The quantitative estimate of drug-likeness (QED) is 0.893. The lowest BCUT2D eigenvalue weighted by Crippen LogP contribution is -2.45. The number of phenolic OH excluding ortho intramolecular Hbond substituents is 1. The van der Waals surface area contributed by atoms with E-state index in [0.717, 1.165) is 25.0 Å². The minimum Gasteiger partial charge on any atom is -0.508 e. The molecule has 6 heteroatoms. The fourth-order valence-corrected chi connectivity index (χ4v) is 3.08. The molecule has 0 spiro atoms. The van der Waals surface area contributed by atoms with E-state index in [1.807, 2.05) is 0 Å². The molecule has 0 radical (unpaired) electrons. The van der Waals surface area contributed by atoms with E-state index in [0.29, 0.717) is 24.3 Å². The van der Waals surface area contributed by atoms with Crippen LogP contribution in [0.4, 0.5) is 14.5 Å². The van der Waals surface area contributed by atoms with E-state index in [1.165, 1.54) is 6.07 Å². The van der Waals surface area contributed by atoms with Gasteiger partial charge in [-0.2, -0.15) is 0 Å². The predicted molar refractivity (Wildman–Crippen MR) is 91.4 cm³/mol. The first-order valence-electron chi connectivity index (χ1n) is 8.29. The van der Waals surface area contributed by atoms with Gasteiger partial charge in [0.25, 0.3) is 0 Å². The number of carbonyl (C=O) groups excluding carboxylic acids is 1. The molecule has 1 amide bonds. The molecule has 0 bridgehead atoms. The second kappa shape index (κ2) is 7.51. The molecule has 2 aromatic rings. The number of halogens is 2. The zero-order valence-electron chi connectivity index (χ0n) is 13.7. The minimum absolute atomic E-state index is 0.0214. The summed E-state index contributed by atoms with van der Waals surface area (Å²) < 4.78 is 26.3. The van der Waals surface area contributed by atoms with Crippen LogP contribution in [-0.2, 0) is 11.2 Å². The van der Waals surface area contributed by atoms with Crippen molar-refractivity contribution < 1.29 is 18.7 Å². The number of anilines is 1. The third-order valence-corrected chi connectivity index (χ3v) is 4.40. The van der Waals surface area contributed by atoms with Gasteiger partial charge in [0.15, 0.2) is 11.6 Å². The molecular weight excluding hydrogens is 326 g/mol. The Morgan fingerprint density at radius 1 is 1.20 bits per heavy atom. The summed E-state index contributed by atoms with van der Waals surface area (Å²) in [4.78, 5) is 14.2. The number of amides is 1. The molecule has 1 heterocycles. The smallest absolute Gasteiger partial charge is 0.227 e. The normalized spacial score (nSPS) is 17.4. The van der Waals surface area contributed by atoms with Crippen molar-refractivity contribution in [2.75, 3.05) is 18.4 Å². The summed E-state index contributed by atoms with van der Waals surface area (Å²) in [5, 5.41) is 13.0. The number of likely N-dealkylation sites (tertiary alicyclic amines) is 1. The molecule has 3 rings (SSSR count). The van der Waals surface area contributed by atoms with Crippen LogP contribution in [0.1, 0.15) is 18.4 Å². The molecule has 1 saturated heterocycles. The lowest BCUT2D eigenvalue weighted by Gasteiger charge is -2.34. The van der Waals surface area contributed by atoms with E-state index in [2.05, 4.69) is 5.32 Å². The van der Waals surface area contributed by atoms with E-state index in [1.54, 1.807) is 29.2 Å². The molecule has 1 aliphatic heterocycles. The molecule has 0 saturated carbocycles. The van der Waals surface area contributed by atoms with Crippen molar-refractivity contribution in [1.82, 2.24) is 4.90 Å². The van der Waals surface area contributed by atoms with E-state index < -0.39 is 11.6 Å². The SMILES string of the molecule is O=C(Cc1ccccc1O)N1CCC[C@H](Nc2ccc(F)c(F)c2)C1. The van der Waals surface area contributed by atoms with Gasteiger partial charge in [0.05, 0.1) is 6.42 Å². The molecule has 0 unspecified atom stereocenters. The fraction of sp³-hybridized carbons (Fsp3) is 0.316. The molecule has 25 heavy (non-hydrogen) atoms. The van der Waals surface area contributed by atoms with E-state index >= 15 is 0 Å². The number of piperidine rings is 1. The summed E-state index contributed by atoms with van der Waals surface area (Å²) in [6.45, 7) is 1.15. The average molecular weight is 346 g/mol. The maximum Gasteiger partial charge on any atom is 0.227 e. The number of phenols is 1. The van der Waals surface area contributed by atoms with Gasteiger partial charge >= 0.3 is 0 Å². The third-order valence-electron chi connectivity index (χ3n) is 4.40. The average Bonchev–Trinajstić information content (AvgIpc) is 2.60. The number of hydrogen-bond acceptors (Lipinski definition) is 3. The van der Waals surface area contributed by atoms with Crippen LogP contribution in [0, 0.1) is 11.6 Å². The predicted octanol–water partition coefficient (Wildman–Crippen LogP) is 3.32. The van der Waals surface area contributed by atoms with Gasteiger partial charge in [-0.15, -0.1) is 0 Å². The summed E-state index contributed by atoms with van der Waals surface area (Å²) in [5.74, 6) is -1.72. The van der Waals surface area contributed by atoms with Gasteiger partial charge in [-0.05, 0) is 31.0 Å². The summed E-state index contributed by atoms with van der Waals surface area (Å²) in [6.07, 6.45) is 1.82. The Balaban J connectivity index is 1.61. The van der Waals surface area contributed by atoms with Gasteiger partial charge in [-0.25, -0.2) is 8.78 Å². The van der Waals surface area contributed by atoms with Crippen LogP contribution in [0.25, 0.3) is 0 Å². The Morgan fingerprint density at radius 2 is 2.00 bits per heavy atom.